The van der Waals surface area contributed by atoms with E-state index in [2.05, 4.69) is 27.1 Å². The molecule has 2 fully saturated rings. The fourth-order valence-corrected chi connectivity index (χ4v) is 4.05. The number of carbonyl (C=O) groups is 1. The Bertz CT molecular complexity index is 795. The van der Waals surface area contributed by atoms with Gasteiger partial charge in [0.2, 0.25) is 0 Å². The largest absolute Gasteiger partial charge is 0.353 e. The van der Waals surface area contributed by atoms with E-state index < -0.39 is 0 Å². The number of nitrogens with one attached hydrogen (secondary N) is 1. The molecule has 28 heavy (non-hydrogen) atoms. The smallest absolute Gasteiger partial charge is 0.274 e. The quantitative estimate of drug-likeness (QED) is 0.749. The molecule has 5 heteroatoms. The normalized spacial score (nSPS) is 17.3. The van der Waals surface area contributed by atoms with Crippen molar-refractivity contribution in [2.45, 2.75) is 64.3 Å². The standard InChI is InChI=1S/C23H30N4O/c1-2-17-10-12-19(13-11-17)26-23(28)21-14-22(25-16-24-21)27(15-18-8-9-18)20-6-4-3-5-7-20/h10-14,16,18,20H,2-9,15H2,1H3,(H,26,28). The number of benzene rings is 1. The van der Waals surface area contributed by atoms with Crippen molar-refractivity contribution in [2.24, 2.45) is 5.92 Å². The van der Waals surface area contributed by atoms with Crippen molar-refractivity contribution < 1.29 is 4.79 Å². The van der Waals surface area contributed by atoms with Crippen molar-refractivity contribution in [3.05, 3.63) is 47.9 Å². The topological polar surface area (TPSA) is 58.1 Å². The summed E-state index contributed by atoms with van der Waals surface area (Å²) in [5, 5.41) is 2.96. The molecule has 2 aromatic rings. The van der Waals surface area contributed by atoms with Crippen LogP contribution in [-0.2, 0) is 6.42 Å². The summed E-state index contributed by atoms with van der Waals surface area (Å²) >= 11 is 0. The molecular weight excluding hydrogens is 348 g/mol. The monoisotopic (exact) mass is 378 g/mol. The van der Waals surface area contributed by atoms with Crippen LogP contribution < -0.4 is 10.2 Å². The molecule has 148 valence electrons. The third-order valence-corrected chi connectivity index (χ3v) is 5.97. The summed E-state index contributed by atoms with van der Waals surface area (Å²) in [6.07, 6.45) is 11.5. The number of aromatic nitrogens is 2. The van der Waals surface area contributed by atoms with Crippen molar-refractivity contribution >= 4 is 17.4 Å². The van der Waals surface area contributed by atoms with Gasteiger partial charge in [-0.05, 0) is 55.7 Å². The number of rotatable bonds is 7. The van der Waals surface area contributed by atoms with Gasteiger partial charge >= 0.3 is 0 Å². The first-order chi connectivity index (χ1) is 13.7. The number of amides is 1. The summed E-state index contributed by atoms with van der Waals surface area (Å²) in [6.45, 7) is 3.18. The van der Waals surface area contributed by atoms with Gasteiger partial charge in [-0.2, -0.15) is 0 Å². The van der Waals surface area contributed by atoms with E-state index in [9.17, 15) is 4.79 Å². The SMILES string of the molecule is CCc1ccc(NC(=O)c2cc(N(CC3CC3)C3CCCCC3)ncn2)cc1. The second-order valence-corrected chi connectivity index (χ2v) is 8.15. The first kappa shape index (κ1) is 18.9. The predicted molar refractivity (Wildman–Crippen MR) is 113 cm³/mol. The first-order valence-corrected chi connectivity index (χ1v) is 10.7. The molecule has 2 aliphatic carbocycles. The van der Waals surface area contributed by atoms with Crippen LogP contribution in [0.4, 0.5) is 11.5 Å². The molecule has 4 rings (SSSR count). The number of nitrogens with zero attached hydrogens (tertiary/aromatic N) is 3. The summed E-state index contributed by atoms with van der Waals surface area (Å²) in [5.74, 6) is 1.51. The van der Waals surface area contributed by atoms with Crippen LogP contribution in [0.5, 0.6) is 0 Å². The summed E-state index contributed by atoms with van der Waals surface area (Å²) < 4.78 is 0. The lowest BCUT2D eigenvalue weighted by atomic mass is 9.94. The van der Waals surface area contributed by atoms with Gasteiger partial charge in [0, 0.05) is 24.3 Å². The molecule has 1 aromatic carbocycles. The lowest BCUT2D eigenvalue weighted by molar-refractivity contribution is 0.102. The van der Waals surface area contributed by atoms with Crippen LogP contribution in [0.2, 0.25) is 0 Å². The third kappa shape index (κ3) is 4.70. The van der Waals surface area contributed by atoms with E-state index >= 15 is 0 Å². The summed E-state index contributed by atoms with van der Waals surface area (Å²) in [4.78, 5) is 24.0. The van der Waals surface area contributed by atoms with E-state index in [4.69, 9.17) is 0 Å². The Kier molecular flexibility index (Phi) is 5.89. The summed E-state index contributed by atoms with van der Waals surface area (Å²) in [5.41, 5.74) is 2.48. The molecule has 0 unspecified atom stereocenters. The molecule has 0 atom stereocenters. The lowest BCUT2D eigenvalue weighted by Gasteiger charge is -2.35. The maximum atomic E-state index is 12.7. The van der Waals surface area contributed by atoms with Crippen molar-refractivity contribution in [1.29, 1.82) is 0 Å². The number of hydrogen-bond acceptors (Lipinski definition) is 4. The van der Waals surface area contributed by atoms with Crippen LogP contribution >= 0.6 is 0 Å². The second kappa shape index (κ2) is 8.72. The van der Waals surface area contributed by atoms with Crippen LogP contribution in [0.3, 0.4) is 0 Å². The van der Waals surface area contributed by atoms with Gasteiger partial charge in [-0.1, -0.05) is 38.3 Å². The Balaban J connectivity index is 1.50. The minimum Gasteiger partial charge on any atom is -0.353 e. The fourth-order valence-electron chi connectivity index (χ4n) is 4.05. The zero-order valence-electron chi connectivity index (χ0n) is 16.7. The van der Waals surface area contributed by atoms with Crippen molar-refractivity contribution in [3.8, 4) is 0 Å². The molecule has 0 radical (unpaired) electrons. The molecule has 1 N–H and O–H groups in total. The van der Waals surface area contributed by atoms with Gasteiger partial charge in [-0.15, -0.1) is 0 Å². The Morgan fingerprint density at radius 2 is 1.82 bits per heavy atom. The highest BCUT2D eigenvalue weighted by atomic mass is 16.1. The van der Waals surface area contributed by atoms with Gasteiger partial charge in [0.15, 0.2) is 0 Å². The van der Waals surface area contributed by atoms with Gasteiger partial charge < -0.3 is 10.2 Å². The molecule has 1 aromatic heterocycles. The Morgan fingerprint density at radius 3 is 2.50 bits per heavy atom. The Morgan fingerprint density at radius 1 is 1.07 bits per heavy atom. The van der Waals surface area contributed by atoms with Gasteiger partial charge in [-0.3, -0.25) is 4.79 Å². The number of anilines is 2. The van der Waals surface area contributed by atoms with E-state index in [0.717, 1.165) is 30.4 Å². The maximum absolute atomic E-state index is 12.7. The van der Waals surface area contributed by atoms with Crippen LogP contribution in [-0.4, -0.2) is 28.5 Å². The molecule has 1 amide bonds. The zero-order valence-corrected chi connectivity index (χ0v) is 16.7. The highest BCUT2D eigenvalue weighted by Crippen LogP contribution is 2.34. The van der Waals surface area contributed by atoms with Crippen molar-refractivity contribution in [2.75, 3.05) is 16.8 Å². The van der Waals surface area contributed by atoms with Gasteiger partial charge in [-0.25, -0.2) is 9.97 Å². The Labute approximate surface area is 167 Å². The zero-order chi connectivity index (χ0) is 19.3. The third-order valence-electron chi connectivity index (χ3n) is 5.97. The first-order valence-electron chi connectivity index (χ1n) is 10.7. The van der Waals surface area contributed by atoms with E-state index in [-0.39, 0.29) is 5.91 Å². The van der Waals surface area contributed by atoms with E-state index in [1.54, 1.807) is 0 Å². The molecule has 5 nitrogen and oxygen atoms in total. The van der Waals surface area contributed by atoms with Crippen LogP contribution in [0, 0.1) is 5.92 Å². The molecule has 0 aliphatic heterocycles. The maximum Gasteiger partial charge on any atom is 0.274 e. The van der Waals surface area contributed by atoms with Crippen LogP contribution in [0.1, 0.15) is 67.9 Å². The minimum absolute atomic E-state index is 0.178. The predicted octanol–water partition coefficient (Wildman–Crippen LogP) is 4.84. The molecule has 2 aliphatic rings. The fraction of sp³-hybridized carbons (Fsp3) is 0.522. The van der Waals surface area contributed by atoms with Crippen molar-refractivity contribution in [3.63, 3.8) is 0 Å². The minimum atomic E-state index is -0.178. The second-order valence-electron chi connectivity index (χ2n) is 8.15. The van der Waals surface area contributed by atoms with E-state index in [1.807, 2.05) is 30.3 Å². The average Bonchev–Trinajstić information content (AvgIpc) is 3.57. The molecule has 0 bridgehead atoms. The molecule has 2 saturated carbocycles. The van der Waals surface area contributed by atoms with Crippen LogP contribution in [0.15, 0.2) is 36.7 Å². The molecule has 0 spiro atoms. The van der Waals surface area contributed by atoms with Gasteiger partial charge in [0.1, 0.15) is 17.8 Å². The van der Waals surface area contributed by atoms with Crippen molar-refractivity contribution in [1.82, 2.24) is 9.97 Å². The average molecular weight is 379 g/mol. The molecule has 0 saturated heterocycles. The van der Waals surface area contributed by atoms with E-state index in [0.29, 0.717) is 11.7 Å². The lowest BCUT2D eigenvalue weighted by Crippen LogP contribution is -2.39. The number of aryl methyl sites for hydroxylation is 1. The van der Waals surface area contributed by atoms with Crippen LogP contribution in [0.25, 0.3) is 0 Å². The van der Waals surface area contributed by atoms with Gasteiger partial charge in [0.05, 0.1) is 0 Å². The molecule has 1 heterocycles. The highest BCUT2D eigenvalue weighted by Gasteiger charge is 2.30. The summed E-state index contributed by atoms with van der Waals surface area (Å²) in [6, 6.07) is 10.4. The van der Waals surface area contributed by atoms with Gasteiger partial charge in [0.25, 0.3) is 5.91 Å². The molecular formula is C23H30N4O. The number of hydrogen-bond donors (Lipinski definition) is 1. The van der Waals surface area contributed by atoms with E-state index in [1.165, 1.54) is 56.8 Å². The Hall–Kier alpha value is -2.43. The summed E-state index contributed by atoms with van der Waals surface area (Å²) in [7, 11) is 0. The highest BCUT2D eigenvalue weighted by molar-refractivity contribution is 6.03. The number of carbonyl (C=O) groups excluding carboxylic acids is 1.